The standard InChI is InChI=1S/C12H17F4NOS/c1-8(2)17-5-9-3-4-10(19-9)6-18-7-12(15,16)11(13)14/h3-4,8,11,17H,5-7H2,1-2H3. The molecule has 0 aliphatic carbocycles. The molecule has 110 valence electrons. The van der Waals surface area contributed by atoms with Crippen LogP contribution < -0.4 is 5.32 Å². The van der Waals surface area contributed by atoms with Gasteiger partial charge in [-0.15, -0.1) is 11.3 Å². The Bertz CT molecular complexity index is 382. The highest BCUT2D eigenvalue weighted by Gasteiger charge is 2.40. The lowest BCUT2D eigenvalue weighted by molar-refractivity contribution is -0.168. The largest absolute Gasteiger partial charge is 0.369 e. The molecule has 7 heteroatoms. The van der Waals surface area contributed by atoms with E-state index in [9.17, 15) is 17.6 Å². The van der Waals surface area contributed by atoms with Crippen molar-refractivity contribution in [2.45, 2.75) is 45.4 Å². The molecule has 0 fully saturated rings. The van der Waals surface area contributed by atoms with Crippen molar-refractivity contribution >= 4 is 11.3 Å². The van der Waals surface area contributed by atoms with Gasteiger partial charge in [0.05, 0.1) is 6.61 Å². The first kappa shape index (κ1) is 16.4. The number of ether oxygens (including phenoxy) is 1. The van der Waals surface area contributed by atoms with Gasteiger partial charge in [-0.05, 0) is 12.1 Å². The first-order valence-electron chi connectivity index (χ1n) is 5.86. The lowest BCUT2D eigenvalue weighted by atomic mass is 10.3. The minimum absolute atomic E-state index is 0.0747. The van der Waals surface area contributed by atoms with Crippen LogP contribution in [-0.2, 0) is 17.9 Å². The lowest BCUT2D eigenvalue weighted by Crippen LogP contribution is -2.32. The first-order chi connectivity index (χ1) is 8.81. The Morgan fingerprint density at radius 3 is 2.47 bits per heavy atom. The zero-order chi connectivity index (χ0) is 14.5. The van der Waals surface area contributed by atoms with E-state index >= 15 is 0 Å². The molecule has 0 saturated heterocycles. The lowest BCUT2D eigenvalue weighted by Gasteiger charge is -2.14. The van der Waals surface area contributed by atoms with Crippen LogP contribution in [0.25, 0.3) is 0 Å². The van der Waals surface area contributed by atoms with Crippen LogP contribution in [0.5, 0.6) is 0 Å². The highest BCUT2D eigenvalue weighted by Crippen LogP contribution is 2.24. The second-order valence-corrected chi connectivity index (χ2v) is 5.71. The van der Waals surface area contributed by atoms with E-state index in [1.165, 1.54) is 11.3 Å². The molecular formula is C12H17F4NOS. The Balaban J connectivity index is 2.34. The molecule has 0 aliphatic heterocycles. The Labute approximate surface area is 113 Å². The average molecular weight is 299 g/mol. The molecule has 0 unspecified atom stereocenters. The Hall–Kier alpha value is -0.660. The summed E-state index contributed by atoms with van der Waals surface area (Å²) in [5.74, 6) is -4.08. The van der Waals surface area contributed by atoms with Crippen molar-refractivity contribution in [2.75, 3.05) is 6.61 Å². The molecule has 1 N–H and O–H groups in total. The van der Waals surface area contributed by atoms with Gasteiger partial charge in [0.1, 0.15) is 6.61 Å². The molecule has 0 atom stereocenters. The molecule has 2 nitrogen and oxygen atoms in total. The third-order valence-electron chi connectivity index (χ3n) is 2.26. The molecule has 0 aromatic carbocycles. The summed E-state index contributed by atoms with van der Waals surface area (Å²) in [6, 6.07) is 3.97. The van der Waals surface area contributed by atoms with Gasteiger partial charge in [-0.1, -0.05) is 13.8 Å². The molecule has 1 rings (SSSR count). The summed E-state index contributed by atoms with van der Waals surface area (Å²) in [6.07, 6.45) is -3.69. The smallest absolute Gasteiger partial charge is 0.330 e. The van der Waals surface area contributed by atoms with Crippen molar-refractivity contribution in [3.8, 4) is 0 Å². The van der Waals surface area contributed by atoms with Gasteiger partial charge in [-0.3, -0.25) is 0 Å². The van der Waals surface area contributed by atoms with Crippen LogP contribution in [0.1, 0.15) is 23.6 Å². The topological polar surface area (TPSA) is 21.3 Å². The predicted octanol–water partition coefficient (Wildman–Crippen LogP) is 3.66. The summed E-state index contributed by atoms with van der Waals surface area (Å²) in [6.45, 7) is 3.39. The van der Waals surface area contributed by atoms with E-state index in [-0.39, 0.29) is 6.61 Å². The van der Waals surface area contributed by atoms with Crippen molar-refractivity contribution in [3.05, 3.63) is 21.9 Å². The molecule has 0 amide bonds. The fourth-order valence-electron chi connectivity index (χ4n) is 1.25. The molecule has 1 aromatic rings. The fourth-order valence-corrected chi connectivity index (χ4v) is 2.16. The van der Waals surface area contributed by atoms with Crippen LogP contribution in [-0.4, -0.2) is 25.0 Å². The number of rotatable bonds is 8. The van der Waals surface area contributed by atoms with Crippen molar-refractivity contribution in [1.29, 1.82) is 0 Å². The number of hydrogen-bond donors (Lipinski definition) is 1. The van der Waals surface area contributed by atoms with E-state index in [4.69, 9.17) is 0 Å². The van der Waals surface area contributed by atoms with Gasteiger partial charge in [0.15, 0.2) is 0 Å². The van der Waals surface area contributed by atoms with Gasteiger partial charge < -0.3 is 10.1 Å². The second-order valence-electron chi connectivity index (χ2n) is 4.46. The molecule has 19 heavy (non-hydrogen) atoms. The van der Waals surface area contributed by atoms with Crippen molar-refractivity contribution in [2.24, 2.45) is 0 Å². The number of alkyl halides is 4. The maximum absolute atomic E-state index is 12.6. The minimum atomic E-state index is -4.08. The van der Waals surface area contributed by atoms with E-state index in [0.29, 0.717) is 12.6 Å². The minimum Gasteiger partial charge on any atom is -0.369 e. The number of nitrogens with one attached hydrogen (secondary N) is 1. The van der Waals surface area contributed by atoms with Crippen LogP contribution in [0.4, 0.5) is 17.6 Å². The number of thiophene rings is 1. The molecule has 1 heterocycles. The van der Waals surface area contributed by atoms with Crippen LogP contribution in [0, 0.1) is 0 Å². The van der Waals surface area contributed by atoms with Crippen LogP contribution >= 0.6 is 11.3 Å². The summed E-state index contributed by atoms with van der Waals surface area (Å²) >= 11 is 1.41. The maximum atomic E-state index is 12.6. The summed E-state index contributed by atoms with van der Waals surface area (Å²) in [7, 11) is 0. The van der Waals surface area contributed by atoms with Crippen molar-refractivity contribution < 1.29 is 22.3 Å². The summed E-state index contributed by atoms with van der Waals surface area (Å²) < 4.78 is 53.6. The van der Waals surface area contributed by atoms with E-state index in [1.807, 2.05) is 19.9 Å². The van der Waals surface area contributed by atoms with Crippen LogP contribution in [0.2, 0.25) is 0 Å². The molecule has 1 aromatic heterocycles. The zero-order valence-electron chi connectivity index (χ0n) is 10.8. The van der Waals surface area contributed by atoms with Gasteiger partial charge in [-0.2, -0.15) is 8.78 Å². The Kier molecular flexibility index (Phi) is 6.22. The quantitative estimate of drug-likeness (QED) is 0.740. The highest BCUT2D eigenvalue weighted by molar-refractivity contribution is 7.11. The van der Waals surface area contributed by atoms with Gasteiger partial charge in [0.25, 0.3) is 0 Å². The SMILES string of the molecule is CC(C)NCc1ccc(COCC(F)(F)C(F)F)s1. The third-order valence-corrected chi connectivity index (χ3v) is 3.32. The summed E-state index contributed by atoms with van der Waals surface area (Å²) in [5.41, 5.74) is 0. The fraction of sp³-hybridized carbons (Fsp3) is 0.667. The monoisotopic (exact) mass is 299 g/mol. The second kappa shape index (κ2) is 7.21. The molecule has 0 saturated carbocycles. The number of halogens is 4. The molecule has 0 radical (unpaired) electrons. The molecular weight excluding hydrogens is 282 g/mol. The van der Waals surface area contributed by atoms with E-state index < -0.39 is 19.0 Å². The molecule has 0 spiro atoms. The summed E-state index contributed by atoms with van der Waals surface area (Å²) in [4.78, 5) is 1.79. The van der Waals surface area contributed by atoms with Gasteiger partial charge in [0, 0.05) is 22.3 Å². The third kappa shape index (κ3) is 5.88. The predicted molar refractivity (Wildman–Crippen MR) is 66.9 cm³/mol. The van der Waals surface area contributed by atoms with Crippen LogP contribution in [0.3, 0.4) is 0 Å². The Morgan fingerprint density at radius 2 is 1.89 bits per heavy atom. The number of hydrogen-bond acceptors (Lipinski definition) is 3. The average Bonchev–Trinajstić information content (AvgIpc) is 2.74. The van der Waals surface area contributed by atoms with E-state index in [1.54, 1.807) is 6.07 Å². The van der Waals surface area contributed by atoms with Crippen molar-refractivity contribution in [1.82, 2.24) is 5.32 Å². The highest BCUT2D eigenvalue weighted by atomic mass is 32.1. The molecule has 0 bridgehead atoms. The Morgan fingerprint density at radius 1 is 1.26 bits per heavy atom. The first-order valence-corrected chi connectivity index (χ1v) is 6.67. The molecule has 0 aliphatic rings. The normalized spacial score (nSPS) is 12.6. The maximum Gasteiger partial charge on any atom is 0.330 e. The van der Waals surface area contributed by atoms with E-state index in [2.05, 4.69) is 10.1 Å². The van der Waals surface area contributed by atoms with Crippen molar-refractivity contribution in [3.63, 3.8) is 0 Å². The summed E-state index contributed by atoms with van der Waals surface area (Å²) in [5, 5.41) is 3.22. The van der Waals surface area contributed by atoms with Gasteiger partial charge in [-0.25, -0.2) is 8.78 Å². The van der Waals surface area contributed by atoms with E-state index in [0.717, 1.165) is 9.75 Å². The van der Waals surface area contributed by atoms with Gasteiger partial charge in [0.2, 0.25) is 0 Å². The van der Waals surface area contributed by atoms with Gasteiger partial charge >= 0.3 is 12.3 Å². The zero-order valence-corrected chi connectivity index (χ0v) is 11.6. The van der Waals surface area contributed by atoms with Crippen LogP contribution in [0.15, 0.2) is 12.1 Å².